The maximum Gasteiger partial charge on any atom is 0.356 e. The Balaban J connectivity index is 1.42. The topological polar surface area (TPSA) is 166 Å². The van der Waals surface area contributed by atoms with Crippen LogP contribution in [0.25, 0.3) is 11.0 Å². The van der Waals surface area contributed by atoms with E-state index < -0.39 is 56.7 Å². The molecular weight excluding hydrogens is 591 g/mol. The summed E-state index contributed by atoms with van der Waals surface area (Å²) in [5, 5.41) is 22.1. The van der Waals surface area contributed by atoms with Crippen LogP contribution in [-0.4, -0.2) is 80.7 Å². The van der Waals surface area contributed by atoms with Crippen LogP contribution in [-0.2, 0) is 28.1 Å². The number of carbonyl (C=O) groups is 1. The molecule has 3 aromatic rings. The van der Waals surface area contributed by atoms with Crippen LogP contribution in [0.15, 0.2) is 42.6 Å². The van der Waals surface area contributed by atoms with Gasteiger partial charge in [-0.25, -0.2) is 0 Å². The maximum atomic E-state index is 12.2. The maximum absolute atomic E-state index is 12.2. The van der Waals surface area contributed by atoms with Crippen molar-refractivity contribution in [2.75, 3.05) is 31.7 Å². The lowest BCUT2D eigenvalue weighted by molar-refractivity contribution is -0.160. The molecule has 42 heavy (non-hydrogen) atoms. The number of benzene rings is 1. The van der Waals surface area contributed by atoms with Gasteiger partial charge in [-0.2, -0.15) is 9.97 Å². The number of anilines is 1. The van der Waals surface area contributed by atoms with E-state index in [1.165, 1.54) is 0 Å². The highest BCUT2D eigenvalue weighted by atomic mass is 35.5. The summed E-state index contributed by atoms with van der Waals surface area (Å²) in [5.41, 5.74) is 0.659. The first-order valence-electron chi connectivity index (χ1n) is 13.2. The second-order valence-electron chi connectivity index (χ2n) is 11.1. The van der Waals surface area contributed by atoms with Gasteiger partial charge in [-0.1, -0.05) is 30.3 Å². The second-order valence-corrected chi connectivity index (χ2v) is 13.2. The van der Waals surface area contributed by atoms with Crippen molar-refractivity contribution in [3.05, 3.63) is 53.4 Å². The number of halogens is 1. The zero-order valence-electron chi connectivity index (χ0n) is 24.0. The standard InChI is InChI=1S/C27H36ClN4O9P/c1-16(17-9-7-6-8-10-17)31(5)22-18-11-12-32(23(18)30-26(28)29-22)24-21(34)20(33)19(41-24)13-38-15-42(36,37)40-14-39-25(35)27(2,3)4/h6-12,16,19-21,24,33-34H,13-15H2,1-5H3,(H,36,37)/t16-,19?,20-,21-,24-/m1/s1. The number of carbonyl (C=O) groups excluding carboxylic acids is 1. The normalized spacial score (nSPS) is 23.1. The minimum atomic E-state index is -4.28. The van der Waals surface area contributed by atoms with Crippen LogP contribution in [0.4, 0.5) is 5.82 Å². The predicted octanol–water partition coefficient (Wildman–Crippen LogP) is 3.62. The van der Waals surface area contributed by atoms with E-state index >= 15 is 0 Å². The third-order valence-corrected chi connectivity index (χ3v) is 8.11. The Morgan fingerprint density at radius 1 is 1.19 bits per heavy atom. The third kappa shape index (κ3) is 7.29. The zero-order valence-corrected chi connectivity index (χ0v) is 25.6. The van der Waals surface area contributed by atoms with E-state index in [1.54, 1.807) is 37.6 Å². The van der Waals surface area contributed by atoms with E-state index in [0.717, 1.165) is 5.56 Å². The molecule has 2 aromatic heterocycles. The molecule has 0 saturated carbocycles. The van der Waals surface area contributed by atoms with Gasteiger partial charge in [0.25, 0.3) is 0 Å². The number of aliphatic hydroxyl groups excluding tert-OH is 2. The minimum absolute atomic E-state index is 0.00985. The third-order valence-electron chi connectivity index (χ3n) is 6.93. The SMILES string of the molecule is C[C@H](c1ccccc1)N(C)c1nc(Cl)nc2c1ccn2[C@@H]1OC(COCP(=O)(O)OCOC(=O)C(C)(C)C)[C@@H](O)[C@H]1O. The van der Waals surface area contributed by atoms with E-state index in [2.05, 4.69) is 9.97 Å². The lowest BCUT2D eigenvalue weighted by Gasteiger charge is -2.27. The molecule has 1 saturated heterocycles. The van der Waals surface area contributed by atoms with Gasteiger partial charge in [-0.15, -0.1) is 0 Å². The number of ether oxygens (including phenoxy) is 3. The molecule has 1 aliphatic heterocycles. The molecule has 0 aliphatic carbocycles. The van der Waals surface area contributed by atoms with Crippen molar-refractivity contribution < 1.29 is 43.2 Å². The van der Waals surface area contributed by atoms with Gasteiger partial charge in [0.15, 0.2) is 6.23 Å². The highest BCUT2D eigenvalue weighted by Crippen LogP contribution is 2.42. The molecule has 1 aromatic carbocycles. The van der Waals surface area contributed by atoms with Crippen LogP contribution in [0.5, 0.6) is 0 Å². The van der Waals surface area contributed by atoms with Crippen LogP contribution in [0.3, 0.4) is 0 Å². The first-order chi connectivity index (χ1) is 19.7. The fourth-order valence-electron chi connectivity index (χ4n) is 4.40. The van der Waals surface area contributed by atoms with Crippen molar-refractivity contribution in [2.45, 2.75) is 58.3 Å². The number of aromatic nitrogens is 3. The molecule has 3 heterocycles. The highest BCUT2D eigenvalue weighted by Gasteiger charge is 2.44. The quantitative estimate of drug-likeness (QED) is 0.123. The number of hydrogen-bond donors (Lipinski definition) is 3. The molecule has 15 heteroatoms. The van der Waals surface area contributed by atoms with Crippen LogP contribution < -0.4 is 4.90 Å². The molecule has 1 fully saturated rings. The fraction of sp³-hybridized carbons (Fsp3) is 0.519. The molecule has 0 bridgehead atoms. The summed E-state index contributed by atoms with van der Waals surface area (Å²) >= 11 is 6.31. The van der Waals surface area contributed by atoms with Crippen LogP contribution in [0.2, 0.25) is 5.28 Å². The van der Waals surface area contributed by atoms with E-state index in [4.69, 9.17) is 30.3 Å². The first-order valence-corrected chi connectivity index (χ1v) is 15.4. The summed E-state index contributed by atoms with van der Waals surface area (Å²) in [6.45, 7) is 5.88. The van der Waals surface area contributed by atoms with E-state index in [9.17, 15) is 24.5 Å². The Morgan fingerprint density at radius 3 is 2.55 bits per heavy atom. The van der Waals surface area contributed by atoms with Crippen molar-refractivity contribution in [3.63, 3.8) is 0 Å². The summed E-state index contributed by atoms with van der Waals surface area (Å²) in [7, 11) is -2.39. The van der Waals surface area contributed by atoms with Gasteiger partial charge in [-0.05, 0) is 50.9 Å². The first kappa shape index (κ1) is 32.3. The lowest BCUT2D eigenvalue weighted by Crippen LogP contribution is -2.34. The van der Waals surface area contributed by atoms with Gasteiger partial charge in [0.1, 0.15) is 36.1 Å². The summed E-state index contributed by atoms with van der Waals surface area (Å²) in [6.07, 6.45) is -3.95. The smallest absolute Gasteiger partial charge is 0.356 e. The van der Waals surface area contributed by atoms with Gasteiger partial charge in [0, 0.05) is 13.2 Å². The minimum Gasteiger partial charge on any atom is -0.438 e. The van der Waals surface area contributed by atoms with Gasteiger partial charge in [-0.3, -0.25) is 13.9 Å². The molecule has 6 atom stereocenters. The number of rotatable bonds is 11. The molecule has 1 aliphatic rings. The Labute approximate surface area is 248 Å². The Bertz CT molecular complexity index is 1430. The highest BCUT2D eigenvalue weighted by molar-refractivity contribution is 7.52. The van der Waals surface area contributed by atoms with Crippen molar-refractivity contribution in [1.29, 1.82) is 0 Å². The molecule has 0 spiro atoms. The number of aliphatic hydroxyl groups is 2. The number of esters is 1. The zero-order chi connectivity index (χ0) is 30.8. The molecule has 2 unspecified atom stereocenters. The predicted molar refractivity (Wildman–Crippen MR) is 154 cm³/mol. The van der Waals surface area contributed by atoms with Crippen LogP contribution >= 0.6 is 19.2 Å². The molecule has 0 radical (unpaired) electrons. The summed E-state index contributed by atoms with van der Waals surface area (Å²) in [4.78, 5) is 32.5. The molecule has 0 amide bonds. The molecule has 4 rings (SSSR count). The van der Waals surface area contributed by atoms with Crippen molar-refractivity contribution in [2.24, 2.45) is 5.41 Å². The van der Waals surface area contributed by atoms with Gasteiger partial charge >= 0.3 is 13.6 Å². The van der Waals surface area contributed by atoms with Gasteiger partial charge < -0.3 is 38.8 Å². The van der Waals surface area contributed by atoms with Crippen molar-refractivity contribution in [1.82, 2.24) is 14.5 Å². The summed E-state index contributed by atoms with van der Waals surface area (Å²) in [5.74, 6) is -0.0283. The Hall–Kier alpha value is -2.61. The van der Waals surface area contributed by atoms with E-state index in [1.807, 2.05) is 49.2 Å². The van der Waals surface area contributed by atoms with Crippen molar-refractivity contribution >= 4 is 42.0 Å². The average Bonchev–Trinajstić information content (AvgIpc) is 3.47. The molecular formula is C27H36ClN4O9P. The summed E-state index contributed by atoms with van der Waals surface area (Å²) in [6, 6.07) is 11.6. The molecule has 3 N–H and O–H groups in total. The summed E-state index contributed by atoms with van der Waals surface area (Å²) < 4.78 is 34.6. The largest absolute Gasteiger partial charge is 0.438 e. The van der Waals surface area contributed by atoms with Gasteiger partial charge in [0.05, 0.1) is 23.4 Å². The fourth-order valence-corrected chi connectivity index (χ4v) is 5.19. The van der Waals surface area contributed by atoms with E-state index in [-0.39, 0.29) is 17.9 Å². The van der Waals surface area contributed by atoms with E-state index in [0.29, 0.717) is 16.9 Å². The van der Waals surface area contributed by atoms with Crippen molar-refractivity contribution in [3.8, 4) is 0 Å². The second kappa shape index (κ2) is 12.9. The molecule has 13 nitrogen and oxygen atoms in total. The number of fused-ring (bicyclic) bond motifs is 1. The Morgan fingerprint density at radius 2 is 1.88 bits per heavy atom. The monoisotopic (exact) mass is 626 g/mol. The Kier molecular flexibility index (Phi) is 9.96. The molecule has 230 valence electrons. The van der Waals surface area contributed by atoms with Gasteiger partial charge in [0.2, 0.25) is 12.1 Å². The lowest BCUT2D eigenvalue weighted by atomic mass is 9.98. The van der Waals surface area contributed by atoms with Crippen LogP contribution in [0, 0.1) is 5.41 Å². The number of hydrogen-bond acceptors (Lipinski definition) is 11. The number of nitrogens with zero attached hydrogens (tertiary/aromatic N) is 4. The average molecular weight is 627 g/mol. The van der Waals surface area contributed by atoms with Crippen LogP contribution in [0.1, 0.15) is 45.5 Å².